The molecule has 0 amide bonds. The number of halogens is 1. The van der Waals surface area contributed by atoms with Crippen LogP contribution in [0.5, 0.6) is 0 Å². The summed E-state index contributed by atoms with van der Waals surface area (Å²) in [4.78, 5) is 8.51. The number of anilines is 1. The van der Waals surface area contributed by atoms with Gasteiger partial charge in [-0.2, -0.15) is 0 Å². The van der Waals surface area contributed by atoms with Gasteiger partial charge in [-0.05, 0) is 37.1 Å². The molecule has 0 spiro atoms. The maximum Gasteiger partial charge on any atom is 0.220 e. The molecule has 104 valence electrons. The zero-order valence-corrected chi connectivity index (χ0v) is 11.1. The van der Waals surface area contributed by atoms with Gasteiger partial charge in [0.1, 0.15) is 5.82 Å². The molecule has 1 fully saturated rings. The van der Waals surface area contributed by atoms with Crippen LogP contribution in [0, 0.1) is 5.82 Å². The molecule has 0 bridgehead atoms. The van der Waals surface area contributed by atoms with Crippen molar-refractivity contribution in [3.8, 4) is 11.1 Å². The highest BCUT2D eigenvalue weighted by atomic mass is 19.1. The Labute approximate surface area is 117 Å². The molecule has 1 saturated heterocycles. The highest BCUT2D eigenvalue weighted by Crippen LogP contribution is 2.31. The van der Waals surface area contributed by atoms with Gasteiger partial charge in [-0.25, -0.2) is 14.4 Å². The molecule has 5 heteroatoms. The van der Waals surface area contributed by atoms with Gasteiger partial charge >= 0.3 is 0 Å². The minimum atomic E-state index is -0.244. The van der Waals surface area contributed by atoms with E-state index >= 15 is 0 Å². The quantitative estimate of drug-likeness (QED) is 0.880. The summed E-state index contributed by atoms with van der Waals surface area (Å²) in [5.41, 5.74) is 8.55. The van der Waals surface area contributed by atoms with Crippen molar-refractivity contribution < 1.29 is 4.39 Å². The topological polar surface area (TPSA) is 63.8 Å². The van der Waals surface area contributed by atoms with Gasteiger partial charge < -0.3 is 11.1 Å². The van der Waals surface area contributed by atoms with E-state index in [2.05, 4.69) is 15.3 Å². The average molecular weight is 272 g/mol. The number of rotatable bonds is 2. The molecule has 0 radical (unpaired) electrons. The summed E-state index contributed by atoms with van der Waals surface area (Å²) in [6, 6.07) is 6.41. The molecule has 3 N–H and O–H groups in total. The summed E-state index contributed by atoms with van der Waals surface area (Å²) in [5, 5.41) is 3.38. The lowest BCUT2D eigenvalue weighted by atomic mass is 9.91. The number of nitrogens with zero attached hydrogens (tertiary/aromatic N) is 2. The second-order valence-corrected chi connectivity index (χ2v) is 5.08. The highest BCUT2D eigenvalue weighted by molar-refractivity contribution is 5.66. The SMILES string of the molecule is Nc1ncc(-c2ccc(F)cc2)c([C@H]2CCCNC2)n1. The largest absolute Gasteiger partial charge is 0.368 e. The fourth-order valence-corrected chi connectivity index (χ4v) is 2.66. The number of aromatic nitrogens is 2. The van der Waals surface area contributed by atoms with Gasteiger partial charge in [0.05, 0.1) is 5.69 Å². The van der Waals surface area contributed by atoms with Crippen molar-refractivity contribution in [2.24, 2.45) is 0 Å². The second-order valence-electron chi connectivity index (χ2n) is 5.08. The number of benzene rings is 1. The van der Waals surface area contributed by atoms with Crippen LogP contribution in [0.2, 0.25) is 0 Å². The summed E-state index contributed by atoms with van der Waals surface area (Å²) >= 11 is 0. The summed E-state index contributed by atoms with van der Waals surface area (Å²) in [7, 11) is 0. The van der Waals surface area contributed by atoms with Gasteiger partial charge in [0.2, 0.25) is 5.95 Å². The molecule has 20 heavy (non-hydrogen) atoms. The third-order valence-corrected chi connectivity index (χ3v) is 3.68. The third kappa shape index (κ3) is 2.63. The van der Waals surface area contributed by atoms with Crippen LogP contribution in [-0.4, -0.2) is 23.1 Å². The number of nitrogen functional groups attached to an aromatic ring is 1. The Kier molecular flexibility index (Phi) is 3.60. The molecular weight excluding hydrogens is 255 g/mol. The minimum Gasteiger partial charge on any atom is -0.368 e. The van der Waals surface area contributed by atoms with Crippen LogP contribution in [0.1, 0.15) is 24.5 Å². The molecule has 1 aromatic heterocycles. The first-order chi connectivity index (χ1) is 9.74. The van der Waals surface area contributed by atoms with E-state index in [9.17, 15) is 4.39 Å². The van der Waals surface area contributed by atoms with Crippen molar-refractivity contribution >= 4 is 5.95 Å². The van der Waals surface area contributed by atoms with Crippen molar-refractivity contribution in [3.05, 3.63) is 42.0 Å². The number of nitrogens with one attached hydrogen (secondary N) is 1. The van der Waals surface area contributed by atoms with Crippen LogP contribution in [0.15, 0.2) is 30.5 Å². The van der Waals surface area contributed by atoms with Gasteiger partial charge in [-0.3, -0.25) is 0 Å². The Morgan fingerprint density at radius 1 is 1.25 bits per heavy atom. The normalized spacial score (nSPS) is 18.9. The summed E-state index contributed by atoms with van der Waals surface area (Å²) in [6.07, 6.45) is 3.94. The number of hydrogen-bond donors (Lipinski definition) is 2. The summed E-state index contributed by atoms with van der Waals surface area (Å²) in [6.45, 7) is 1.94. The lowest BCUT2D eigenvalue weighted by molar-refractivity contribution is 0.455. The Morgan fingerprint density at radius 2 is 2.05 bits per heavy atom. The van der Waals surface area contributed by atoms with Crippen LogP contribution < -0.4 is 11.1 Å². The monoisotopic (exact) mass is 272 g/mol. The van der Waals surface area contributed by atoms with Crippen molar-refractivity contribution in [2.75, 3.05) is 18.8 Å². The first-order valence-electron chi connectivity index (χ1n) is 6.83. The molecule has 0 saturated carbocycles. The fourth-order valence-electron chi connectivity index (χ4n) is 2.66. The van der Waals surface area contributed by atoms with Crippen LogP contribution >= 0.6 is 0 Å². The molecule has 1 aromatic carbocycles. The molecule has 3 rings (SSSR count). The molecule has 0 aliphatic carbocycles. The zero-order chi connectivity index (χ0) is 13.9. The van der Waals surface area contributed by atoms with Gasteiger partial charge in [0.15, 0.2) is 0 Å². The lowest BCUT2D eigenvalue weighted by Gasteiger charge is -2.24. The molecule has 2 aromatic rings. The standard InChI is InChI=1S/C15H17FN4/c16-12-5-3-10(4-6-12)13-9-19-15(17)20-14(13)11-2-1-7-18-8-11/h3-6,9,11,18H,1-2,7-8H2,(H2,17,19,20)/t11-/m0/s1. The molecule has 4 nitrogen and oxygen atoms in total. The molecule has 2 heterocycles. The lowest BCUT2D eigenvalue weighted by Crippen LogP contribution is -2.29. The van der Waals surface area contributed by atoms with E-state index in [4.69, 9.17) is 5.73 Å². The van der Waals surface area contributed by atoms with Gasteiger partial charge in [-0.15, -0.1) is 0 Å². The van der Waals surface area contributed by atoms with Gasteiger partial charge in [0.25, 0.3) is 0 Å². The van der Waals surface area contributed by atoms with E-state index in [1.54, 1.807) is 18.3 Å². The fraction of sp³-hybridized carbons (Fsp3) is 0.333. The summed E-state index contributed by atoms with van der Waals surface area (Å²) < 4.78 is 13.1. The highest BCUT2D eigenvalue weighted by Gasteiger charge is 2.21. The predicted octanol–water partition coefficient (Wildman–Crippen LogP) is 2.33. The Balaban J connectivity index is 2.03. The minimum absolute atomic E-state index is 0.244. The molecule has 0 unspecified atom stereocenters. The Hall–Kier alpha value is -2.01. The van der Waals surface area contributed by atoms with Crippen LogP contribution in [0.3, 0.4) is 0 Å². The van der Waals surface area contributed by atoms with E-state index in [-0.39, 0.29) is 11.8 Å². The van der Waals surface area contributed by atoms with Crippen molar-refractivity contribution in [3.63, 3.8) is 0 Å². The van der Waals surface area contributed by atoms with Crippen molar-refractivity contribution in [1.82, 2.24) is 15.3 Å². The molecular formula is C15H17FN4. The average Bonchev–Trinajstić information content (AvgIpc) is 2.49. The van der Waals surface area contributed by atoms with E-state index < -0.39 is 0 Å². The van der Waals surface area contributed by atoms with Crippen LogP contribution in [0.25, 0.3) is 11.1 Å². The van der Waals surface area contributed by atoms with E-state index in [1.807, 2.05) is 0 Å². The maximum absolute atomic E-state index is 13.1. The van der Waals surface area contributed by atoms with Crippen LogP contribution in [-0.2, 0) is 0 Å². The van der Waals surface area contributed by atoms with Gasteiger partial charge in [0, 0.05) is 24.2 Å². The predicted molar refractivity (Wildman–Crippen MR) is 76.7 cm³/mol. The zero-order valence-electron chi connectivity index (χ0n) is 11.1. The Bertz CT molecular complexity index is 591. The number of piperidine rings is 1. The second kappa shape index (κ2) is 5.54. The van der Waals surface area contributed by atoms with Crippen molar-refractivity contribution in [2.45, 2.75) is 18.8 Å². The summed E-state index contributed by atoms with van der Waals surface area (Å²) in [5.74, 6) is 0.372. The van der Waals surface area contributed by atoms with E-state index in [1.165, 1.54) is 12.1 Å². The van der Waals surface area contributed by atoms with E-state index in [0.717, 1.165) is 42.8 Å². The van der Waals surface area contributed by atoms with Crippen molar-refractivity contribution in [1.29, 1.82) is 0 Å². The Morgan fingerprint density at radius 3 is 2.75 bits per heavy atom. The smallest absolute Gasteiger partial charge is 0.220 e. The van der Waals surface area contributed by atoms with Gasteiger partial charge in [-0.1, -0.05) is 12.1 Å². The first-order valence-corrected chi connectivity index (χ1v) is 6.83. The van der Waals surface area contributed by atoms with Crippen LogP contribution in [0.4, 0.5) is 10.3 Å². The molecule has 1 aliphatic heterocycles. The molecule has 1 atom stereocenters. The third-order valence-electron chi connectivity index (χ3n) is 3.68. The maximum atomic E-state index is 13.1. The molecule has 1 aliphatic rings. The van der Waals surface area contributed by atoms with E-state index in [0.29, 0.717) is 5.92 Å². The number of nitrogens with two attached hydrogens (primary N) is 1. The number of hydrogen-bond acceptors (Lipinski definition) is 4. The first kappa shape index (κ1) is 13.0.